The van der Waals surface area contributed by atoms with E-state index in [1.54, 1.807) is 0 Å². The van der Waals surface area contributed by atoms with Crippen LogP contribution in [0.4, 0.5) is 4.79 Å². The summed E-state index contributed by atoms with van der Waals surface area (Å²) >= 11 is 0. The van der Waals surface area contributed by atoms with Crippen molar-refractivity contribution in [3.8, 4) is 0 Å². The van der Waals surface area contributed by atoms with E-state index in [-0.39, 0.29) is 30.1 Å². The van der Waals surface area contributed by atoms with Crippen molar-refractivity contribution in [2.45, 2.75) is 71.4 Å². The fraction of sp³-hybridized carbons (Fsp3) is 0.909. The van der Waals surface area contributed by atoms with Crippen LogP contribution in [-0.4, -0.2) is 81.2 Å². The summed E-state index contributed by atoms with van der Waals surface area (Å²) < 4.78 is 16.7. The van der Waals surface area contributed by atoms with Gasteiger partial charge in [0.15, 0.2) is 5.96 Å². The molecule has 0 atom stereocenters. The minimum Gasteiger partial charge on any atom is -0.444 e. The maximum Gasteiger partial charge on any atom is 0.410 e. The number of aliphatic imine (C=N–C) groups is 1. The number of hydrogen-bond donors (Lipinski definition) is 2. The second-order valence-electron chi connectivity index (χ2n) is 9.08. The van der Waals surface area contributed by atoms with Gasteiger partial charge in [-0.3, -0.25) is 4.99 Å². The number of hydrogen-bond acceptors (Lipinski definition) is 5. The molecule has 2 aliphatic rings. The fourth-order valence-corrected chi connectivity index (χ4v) is 3.29. The summed E-state index contributed by atoms with van der Waals surface area (Å²) in [5, 5.41) is 6.59. The normalized spacial score (nSPS) is 17.6. The monoisotopic (exact) mass is 554 g/mol. The molecule has 0 aromatic heterocycles. The molecule has 2 fully saturated rings. The molecule has 1 saturated heterocycles. The molecule has 1 amide bonds. The molecule has 2 N–H and O–H groups in total. The first-order valence-electron chi connectivity index (χ1n) is 11.6. The molecule has 0 aromatic carbocycles. The van der Waals surface area contributed by atoms with Crippen LogP contribution in [-0.2, 0) is 14.2 Å². The van der Waals surface area contributed by atoms with Gasteiger partial charge < -0.3 is 29.7 Å². The first kappa shape index (κ1) is 28.2. The Morgan fingerprint density at radius 3 is 2.48 bits per heavy atom. The standard InChI is InChI=1S/C22H42N4O4.HI/c1-5-23-20(24-11-6-14-29-17-18-9-15-28-16-10-18)25-12-13-26(19-7-8-19)21(27)30-22(2,3)4;/h18-19H,5-17H2,1-4H3,(H2,23,24,25);1H. The van der Waals surface area contributed by atoms with E-state index in [4.69, 9.17) is 14.2 Å². The summed E-state index contributed by atoms with van der Waals surface area (Å²) in [7, 11) is 0. The van der Waals surface area contributed by atoms with Gasteiger partial charge >= 0.3 is 6.09 Å². The predicted molar refractivity (Wildman–Crippen MR) is 134 cm³/mol. The molecule has 1 aliphatic heterocycles. The van der Waals surface area contributed by atoms with Crippen molar-refractivity contribution in [2.75, 3.05) is 52.6 Å². The second-order valence-corrected chi connectivity index (χ2v) is 9.08. The van der Waals surface area contributed by atoms with E-state index in [2.05, 4.69) is 15.6 Å². The van der Waals surface area contributed by atoms with E-state index in [1.165, 1.54) is 0 Å². The third kappa shape index (κ3) is 12.7. The van der Waals surface area contributed by atoms with Gasteiger partial charge in [0.2, 0.25) is 0 Å². The summed E-state index contributed by atoms with van der Waals surface area (Å²) in [6.07, 6.45) is 4.99. The average Bonchev–Trinajstić information content (AvgIpc) is 3.52. The lowest BCUT2D eigenvalue weighted by Crippen LogP contribution is -2.45. The molecular formula is C22H43IN4O4. The van der Waals surface area contributed by atoms with Crippen LogP contribution < -0.4 is 10.6 Å². The van der Waals surface area contributed by atoms with E-state index in [0.717, 1.165) is 71.0 Å². The van der Waals surface area contributed by atoms with Crippen LogP contribution in [0.15, 0.2) is 4.99 Å². The van der Waals surface area contributed by atoms with E-state index < -0.39 is 5.60 Å². The van der Waals surface area contributed by atoms with Crippen LogP contribution in [0.25, 0.3) is 0 Å². The summed E-state index contributed by atoms with van der Waals surface area (Å²) in [6, 6.07) is 0.314. The Balaban J connectivity index is 0.00000480. The largest absolute Gasteiger partial charge is 0.444 e. The number of rotatable bonds is 11. The van der Waals surface area contributed by atoms with Crippen molar-refractivity contribution >= 4 is 36.0 Å². The Hall–Kier alpha value is -0.810. The summed E-state index contributed by atoms with van der Waals surface area (Å²) in [6.45, 7) is 13.8. The first-order valence-corrected chi connectivity index (χ1v) is 11.6. The van der Waals surface area contributed by atoms with Gasteiger partial charge in [0.1, 0.15) is 5.60 Å². The molecule has 9 heteroatoms. The molecule has 1 heterocycles. The molecule has 1 saturated carbocycles. The number of ether oxygens (including phenoxy) is 3. The molecule has 0 unspecified atom stereocenters. The SMILES string of the molecule is CCNC(=NCCCOCC1CCOCC1)NCCN(C(=O)OC(C)(C)C)C1CC1.I. The van der Waals surface area contributed by atoms with Crippen LogP contribution >= 0.6 is 24.0 Å². The molecule has 31 heavy (non-hydrogen) atoms. The van der Waals surface area contributed by atoms with Crippen molar-refractivity contribution in [1.29, 1.82) is 0 Å². The van der Waals surface area contributed by atoms with Crippen LogP contribution in [0.1, 0.15) is 59.8 Å². The third-order valence-corrected chi connectivity index (χ3v) is 5.02. The predicted octanol–water partition coefficient (Wildman–Crippen LogP) is 3.39. The average molecular weight is 555 g/mol. The zero-order valence-corrected chi connectivity index (χ0v) is 22.1. The fourth-order valence-electron chi connectivity index (χ4n) is 3.29. The van der Waals surface area contributed by atoms with Gasteiger partial charge in [-0.1, -0.05) is 0 Å². The molecule has 8 nitrogen and oxygen atoms in total. The van der Waals surface area contributed by atoms with E-state index in [0.29, 0.717) is 31.6 Å². The number of nitrogens with one attached hydrogen (secondary N) is 2. The number of nitrogens with zero attached hydrogens (tertiary/aromatic N) is 2. The van der Waals surface area contributed by atoms with Gasteiger partial charge in [0, 0.05) is 58.6 Å². The highest BCUT2D eigenvalue weighted by Crippen LogP contribution is 2.28. The summed E-state index contributed by atoms with van der Waals surface area (Å²) in [5.74, 6) is 1.42. The van der Waals surface area contributed by atoms with E-state index in [1.807, 2.05) is 32.6 Å². The maximum absolute atomic E-state index is 12.4. The van der Waals surface area contributed by atoms with Crippen LogP contribution in [0.5, 0.6) is 0 Å². The maximum atomic E-state index is 12.4. The zero-order valence-electron chi connectivity index (χ0n) is 19.8. The summed E-state index contributed by atoms with van der Waals surface area (Å²) in [5.41, 5.74) is -0.471. The zero-order chi connectivity index (χ0) is 21.8. The number of guanidine groups is 1. The highest BCUT2D eigenvalue weighted by Gasteiger charge is 2.34. The minimum absolute atomic E-state index is 0. The minimum atomic E-state index is -0.471. The Morgan fingerprint density at radius 1 is 1.16 bits per heavy atom. The Bertz CT molecular complexity index is 532. The number of carbonyl (C=O) groups excluding carboxylic acids is 1. The quantitative estimate of drug-likeness (QED) is 0.176. The number of amides is 1. The van der Waals surface area contributed by atoms with Gasteiger partial charge in [0.05, 0.1) is 0 Å². The van der Waals surface area contributed by atoms with Crippen molar-refractivity contribution in [2.24, 2.45) is 10.9 Å². The number of halogens is 1. The third-order valence-electron chi connectivity index (χ3n) is 5.02. The smallest absolute Gasteiger partial charge is 0.410 e. The molecule has 0 aromatic rings. The number of carbonyl (C=O) groups is 1. The highest BCUT2D eigenvalue weighted by atomic mass is 127. The van der Waals surface area contributed by atoms with Crippen LogP contribution in [0, 0.1) is 5.92 Å². The Kier molecular flexibility index (Phi) is 13.8. The van der Waals surface area contributed by atoms with Crippen molar-refractivity contribution in [3.05, 3.63) is 0 Å². The van der Waals surface area contributed by atoms with Crippen LogP contribution in [0.2, 0.25) is 0 Å². The van der Waals surface area contributed by atoms with Gasteiger partial charge in [-0.15, -0.1) is 24.0 Å². The lowest BCUT2D eigenvalue weighted by atomic mass is 10.0. The van der Waals surface area contributed by atoms with E-state index in [9.17, 15) is 4.79 Å². The molecule has 1 aliphatic carbocycles. The van der Waals surface area contributed by atoms with Gasteiger partial charge in [-0.05, 0) is 65.7 Å². The van der Waals surface area contributed by atoms with Crippen molar-refractivity contribution < 1.29 is 19.0 Å². The lowest BCUT2D eigenvalue weighted by Gasteiger charge is -2.27. The summed E-state index contributed by atoms with van der Waals surface area (Å²) in [4.78, 5) is 18.9. The van der Waals surface area contributed by atoms with E-state index >= 15 is 0 Å². The molecular weight excluding hydrogens is 511 g/mol. The first-order chi connectivity index (χ1) is 14.4. The van der Waals surface area contributed by atoms with Gasteiger partial charge in [-0.25, -0.2) is 4.79 Å². The second kappa shape index (κ2) is 15.1. The molecule has 182 valence electrons. The Labute approximate surface area is 205 Å². The molecule has 0 spiro atoms. The highest BCUT2D eigenvalue weighted by molar-refractivity contribution is 14.0. The van der Waals surface area contributed by atoms with Crippen molar-refractivity contribution in [3.63, 3.8) is 0 Å². The Morgan fingerprint density at radius 2 is 1.87 bits per heavy atom. The van der Waals surface area contributed by atoms with Gasteiger partial charge in [-0.2, -0.15) is 0 Å². The topological polar surface area (TPSA) is 84.4 Å². The molecule has 0 bridgehead atoms. The van der Waals surface area contributed by atoms with Crippen molar-refractivity contribution in [1.82, 2.24) is 15.5 Å². The van der Waals surface area contributed by atoms with Gasteiger partial charge in [0.25, 0.3) is 0 Å². The molecule has 2 rings (SSSR count). The van der Waals surface area contributed by atoms with Crippen LogP contribution in [0.3, 0.4) is 0 Å². The lowest BCUT2D eigenvalue weighted by molar-refractivity contribution is 0.0205. The molecule has 0 radical (unpaired) electrons.